The summed E-state index contributed by atoms with van der Waals surface area (Å²) in [5.41, 5.74) is 7.93. The molecule has 0 saturated heterocycles. The lowest BCUT2D eigenvalue weighted by Crippen LogP contribution is -2.38. The number of imide groups is 1. The number of aromatic hydroxyl groups is 1. The fourth-order valence-electron chi connectivity index (χ4n) is 3.71. The van der Waals surface area contributed by atoms with Crippen LogP contribution in [0.1, 0.15) is 10.4 Å². The summed E-state index contributed by atoms with van der Waals surface area (Å²) < 4.78 is 1.51. The molecule has 0 bridgehead atoms. The number of anilines is 2. The van der Waals surface area contributed by atoms with E-state index in [1.54, 1.807) is 36.4 Å². The van der Waals surface area contributed by atoms with E-state index in [0.717, 1.165) is 17.1 Å². The number of benzene rings is 2. The summed E-state index contributed by atoms with van der Waals surface area (Å²) in [6.45, 7) is 6.97. The summed E-state index contributed by atoms with van der Waals surface area (Å²) >= 11 is 0. The molecule has 11 nitrogen and oxygen atoms in total. The van der Waals surface area contributed by atoms with E-state index in [1.807, 2.05) is 0 Å². The summed E-state index contributed by atoms with van der Waals surface area (Å²) in [5.74, 6) is -1.53. The largest absolute Gasteiger partial charge is 0.506 e. The molecular weight excluding hydrogens is 474 g/mol. The molecule has 0 unspecified atom stereocenters. The van der Waals surface area contributed by atoms with Gasteiger partial charge < -0.3 is 16.2 Å². The van der Waals surface area contributed by atoms with E-state index >= 15 is 0 Å². The zero-order valence-electron chi connectivity index (χ0n) is 19.7. The fraction of sp³-hybridized carbons (Fsp3) is 0.0769. The molecule has 2 aromatic carbocycles. The molecule has 0 aliphatic carbocycles. The average Bonchev–Trinajstić information content (AvgIpc) is 3.29. The molecule has 0 aliphatic heterocycles. The number of carbonyl (C=O) groups excluding carboxylic acids is 3. The Kier molecular flexibility index (Phi) is 7.05. The number of nitrogens with zero attached hydrogens (tertiary/aromatic N) is 5. The SMILES string of the molecule is C=CC(=O)Nc1ccc(-c2nn(CCN(C(=O)C=C)C(=O)c3ccccc3)c3ncnc(N)c23)cc1O. The van der Waals surface area contributed by atoms with Crippen LogP contribution in [0.3, 0.4) is 0 Å². The molecule has 0 spiro atoms. The number of fused-ring (bicyclic) bond motifs is 1. The zero-order valence-corrected chi connectivity index (χ0v) is 19.7. The highest BCUT2D eigenvalue weighted by Crippen LogP contribution is 2.34. The molecule has 37 heavy (non-hydrogen) atoms. The molecule has 4 rings (SSSR count). The number of aromatic nitrogens is 4. The first-order valence-corrected chi connectivity index (χ1v) is 11.1. The maximum absolute atomic E-state index is 13.0. The summed E-state index contributed by atoms with van der Waals surface area (Å²) in [4.78, 5) is 46.5. The Bertz CT molecular complexity index is 1530. The van der Waals surface area contributed by atoms with Gasteiger partial charge in [0, 0.05) is 17.7 Å². The predicted octanol–water partition coefficient (Wildman–Crippen LogP) is 2.76. The van der Waals surface area contributed by atoms with Crippen LogP contribution in [0.5, 0.6) is 5.75 Å². The normalized spacial score (nSPS) is 10.6. The molecular formula is C26H23N7O4. The molecule has 0 fully saturated rings. The van der Waals surface area contributed by atoms with Gasteiger partial charge in [-0.05, 0) is 36.4 Å². The second-order valence-corrected chi connectivity index (χ2v) is 7.82. The predicted molar refractivity (Wildman–Crippen MR) is 138 cm³/mol. The maximum atomic E-state index is 13.0. The molecule has 4 N–H and O–H groups in total. The molecule has 3 amide bonds. The van der Waals surface area contributed by atoms with Crippen molar-refractivity contribution in [2.75, 3.05) is 17.6 Å². The van der Waals surface area contributed by atoms with E-state index in [4.69, 9.17) is 5.73 Å². The van der Waals surface area contributed by atoms with E-state index in [0.29, 0.717) is 27.9 Å². The van der Waals surface area contributed by atoms with Gasteiger partial charge in [-0.1, -0.05) is 37.4 Å². The average molecular weight is 498 g/mol. The van der Waals surface area contributed by atoms with Crippen LogP contribution >= 0.6 is 0 Å². The number of carbonyl (C=O) groups is 3. The zero-order chi connectivity index (χ0) is 26.5. The number of nitrogens with two attached hydrogens (primary N) is 1. The number of phenols is 1. The summed E-state index contributed by atoms with van der Waals surface area (Å²) in [7, 11) is 0. The van der Waals surface area contributed by atoms with Gasteiger partial charge in [0.05, 0.1) is 17.6 Å². The fourth-order valence-corrected chi connectivity index (χ4v) is 3.71. The van der Waals surface area contributed by atoms with Crippen molar-refractivity contribution in [3.05, 3.63) is 85.7 Å². The number of nitrogens with one attached hydrogen (secondary N) is 1. The number of hydrogen-bond donors (Lipinski definition) is 3. The van der Waals surface area contributed by atoms with Gasteiger partial charge in [-0.15, -0.1) is 0 Å². The second kappa shape index (κ2) is 10.5. The molecule has 0 saturated carbocycles. The quantitative estimate of drug-likeness (QED) is 0.248. The van der Waals surface area contributed by atoms with Crippen molar-refractivity contribution < 1.29 is 19.5 Å². The molecule has 186 valence electrons. The van der Waals surface area contributed by atoms with Crippen molar-refractivity contribution in [3.8, 4) is 17.0 Å². The summed E-state index contributed by atoms with van der Waals surface area (Å²) in [6.07, 6.45) is 3.44. The lowest BCUT2D eigenvalue weighted by atomic mass is 10.1. The second-order valence-electron chi connectivity index (χ2n) is 7.82. The Balaban J connectivity index is 1.69. The van der Waals surface area contributed by atoms with Gasteiger partial charge in [-0.3, -0.25) is 19.3 Å². The maximum Gasteiger partial charge on any atom is 0.260 e. The van der Waals surface area contributed by atoms with Crippen LogP contribution in [0.4, 0.5) is 11.5 Å². The summed E-state index contributed by atoms with van der Waals surface area (Å²) in [5, 5.41) is 18.0. The van der Waals surface area contributed by atoms with Gasteiger partial charge in [-0.25, -0.2) is 14.6 Å². The molecule has 2 heterocycles. The molecule has 4 aromatic rings. The number of amides is 3. The smallest absolute Gasteiger partial charge is 0.260 e. The highest BCUT2D eigenvalue weighted by atomic mass is 16.3. The Morgan fingerprint density at radius 3 is 2.51 bits per heavy atom. The minimum atomic E-state index is -0.554. The number of hydrogen-bond acceptors (Lipinski definition) is 8. The lowest BCUT2D eigenvalue weighted by molar-refractivity contribution is -0.123. The number of phenolic OH excluding ortho intramolecular Hbond substituents is 1. The van der Waals surface area contributed by atoms with Crippen molar-refractivity contribution in [2.24, 2.45) is 0 Å². The number of nitrogen functional groups attached to an aromatic ring is 1. The van der Waals surface area contributed by atoms with Gasteiger partial charge in [0.15, 0.2) is 5.65 Å². The van der Waals surface area contributed by atoms with Crippen molar-refractivity contribution in [1.82, 2.24) is 24.6 Å². The van der Waals surface area contributed by atoms with Gasteiger partial charge >= 0.3 is 0 Å². The van der Waals surface area contributed by atoms with Crippen molar-refractivity contribution >= 4 is 40.3 Å². The third-order valence-electron chi connectivity index (χ3n) is 5.51. The first-order valence-electron chi connectivity index (χ1n) is 11.1. The van der Waals surface area contributed by atoms with Crippen molar-refractivity contribution in [1.29, 1.82) is 0 Å². The van der Waals surface area contributed by atoms with E-state index in [9.17, 15) is 19.5 Å². The van der Waals surface area contributed by atoms with Crippen molar-refractivity contribution in [3.63, 3.8) is 0 Å². The van der Waals surface area contributed by atoms with E-state index < -0.39 is 17.7 Å². The van der Waals surface area contributed by atoms with Crippen LogP contribution in [0, 0.1) is 0 Å². The van der Waals surface area contributed by atoms with Crippen LogP contribution in [0.15, 0.2) is 80.2 Å². The van der Waals surface area contributed by atoms with Gasteiger partial charge in [0.25, 0.3) is 11.8 Å². The molecule has 0 radical (unpaired) electrons. The third kappa shape index (κ3) is 5.05. The first-order chi connectivity index (χ1) is 17.8. The Labute approximate surface area is 211 Å². The summed E-state index contributed by atoms with van der Waals surface area (Å²) in [6, 6.07) is 13.0. The Morgan fingerprint density at radius 1 is 1.08 bits per heavy atom. The first kappa shape index (κ1) is 24.8. The van der Waals surface area contributed by atoms with Crippen LogP contribution in [-0.4, -0.2) is 54.0 Å². The highest BCUT2D eigenvalue weighted by Gasteiger charge is 2.23. The monoisotopic (exact) mass is 497 g/mol. The van der Waals surface area contributed by atoms with Gasteiger partial charge in [-0.2, -0.15) is 5.10 Å². The van der Waals surface area contributed by atoms with Crippen LogP contribution in [0.25, 0.3) is 22.3 Å². The molecule has 0 aliphatic rings. The minimum Gasteiger partial charge on any atom is -0.506 e. The minimum absolute atomic E-state index is 0.0174. The van der Waals surface area contributed by atoms with Crippen LogP contribution in [-0.2, 0) is 16.1 Å². The Morgan fingerprint density at radius 2 is 1.84 bits per heavy atom. The van der Waals surface area contributed by atoms with E-state index in [-0.39, 0.29) is 30.3 Å². The topological polar surface area (TPSA) is 156 Å². The van der Waals surface area contributed by atoms with Gasteiger partial charge in [0.1, 0.15) is 23.6 Å². The highest BCUT2D eigenvalue weighted by molar-refractivity contribution is 6.08. The van der Waals surface area contributed by atoms with E-state index in [1.165, 1.54) is 23.1 Å². The molecule has 11 heteroatoms. The number of rotatable bonds is 8. The Hall–Kier alpha value is -5.32. The van der Waals surface area contributed by atoms with Crippen LogP contribution in [0.2, 0.25) is 0 Å². The lowest BCUT2D eigenvalue weighted by Gasteiger charge is -2.19. The standard InChI is InChI=1S/C26H23N7O4/c1-3-20(35)30-18-11-10-17(14-19(18)34)23-22-24(27)28-15-29-25(22)33(31-23)13-12-32(21(36)4-2)26(37)16-8-6-5-7-9-16/h3-11,14-15,34H,1-2,12-13H2,(H,30,35)(H2,27,28,29). The van der Waals surface area contributed by atoms with Gasteiger partial charge in [0.2, 0.25) is 5.91 Å². The third-order valence-corrected chi connectivity index (χ3v) is 5.51. The molecule has 0 atom stereocenters. The van der Waals surface area contributed by atoms with Crippen molar-refractivity contribution in [2.45, 2.75) is 6.54 Å². The van der Waals surface area contributed by atoms with E-state index in [2.05, 4.69) is 33.5 Å². The van der Waals surface area contributed by atoms with Crippen LogP contribution < -0.4 is 11.1 Å². The molecule has 2 aromatic heterocycles.